The molecule has 0 radical (unpaired) electrons. The number of hydrogen-bond acceptors (Lipinski definition) is 11. The number of amides is 5. The minimum absolute atomic E-state index is 0.111. The van der Waals surface area contributed by atoms with E-state index in [9.17, 15) is 19.2 Å². The van der Waals surface area contributed by atoms with Gasteiger partial charge in [0.2, 0.25) is 11.8 Å². The average molecular weight is 950 g/mol. The fourth-order valence-electron chi connectivity index (χ4n) is 11.7. The van der Waals surface area contributed by atoms with E-state index in [1.807, 2.05) is 60.7 Å². The molecular formula is C54H67N11O5. The summed E-state index contributed by atoms with van der Waals surface area (Å²) in [6, 6.07) is 23.8. The van der Waals surface area contributed by atoms with Gasteiger partial charge < -0.3 is 35.0 Å². The van der Waals surface area contributed by atoms with E-state index in [-0.39, 0.29) is 30.2 Å². The van der Waals surface area contributed by atoms with Gasteiger partial charge in [0.15, 0.2) is 5.65 Å². The number of carbonyl (C=O) groups excluding carboxylic acids is 4. The monoisotopic (exact) mass is 950 g/mol. The van der Waals surface area contributed by atoms with Crippen LogP contribution in [0.5, 0.6) is 11.5 Å². The van der Waals surface area contributed by atoms with Crippen LogP contribution in [0.1, 0.15) is 106 Å². The molecule has 4 N–H and O–H groups in total. The number of nitrogen functional groups attached to an aromatic ring is 1. The van der Waals surface area contributed by atoms with Crippen molar-refractivity contribution in [1.82, 2.24) is 45.1 Å². The van der Waals surface area contributed by atoms with Crippen LogP contribution in [0.4, 0.5) is 16.3 Å². The topological polar surface area (TPSA) is 186 Å². The number of benzene rings is 3. The Balaban J connectivity index is 0.000000205. The van der Waals surface area contributed by atoms with Crippen LogP contribution in [0.2, 0.25) is 0 Å². The summed E-state index contributed by atoms with van der Waals surface area (Å²) in [6.07, 6.45) is 16.9. The lowest BCUT2D eigenvalue weighted by Gasteiger charge is -2.42. The normalized spacial score (nSPS) is 20.9. The molecule has 11 rings (SSSR count). The van der Waals surface area contributed by atoms with Crippen molar-refractivity contribution in [3.05, 3.63) is 90.3 Å². The number of likely N-dealkylation sites (tertiary alicyclic amines) is 3. The first kappa shape index (κ1) is 47.1. The minimum atomic E-state index is -0.570. The fourth-order valence-corrected chi connectivity index (χ4v) is 11.7. The fraction of sp³-hybridized carbons (Fsp3) is 0.500. The molecular weight excluding hydrogens is 883 g/mol. The van der Waals surface area contributed by atoms with E-state index in [0.717, 1.165) is 116 Å². The van der Waals surface area contributed by atoms with Crippen LogP contribution in [-0.2, 0) is 16.1 Å². The number of nitrogens with zero attached hydrogens (tertiary/aromatic N) is 8. The van der Waals surface area contributed by atoms with Gasteiger partial charge in [0, 0.05) is 75.1 Å². The first-order chi connectivity index (χ1) is 34.2. The Morgan fingerprint density at radius 2 is 1.40 bits per heavy atom. The van der Waals surface area contributed by atoms with Gasteiger partial charge in [0.05, 0.1) is 11.1 Å². The highest BCUT2D eigenvalue weighted by Crippen LogP contribution is 2.35. The number of hydrogen-bond donors (Lipinski definition) is 3. The summed E-state index contributed by atoms with van der Waals surface area (Å²) in [5.41, 5.74) is 11.0. The van der Waals surface area contributed by atoms with Crippen LogP contribution >= 0.6 is 0 Å². The first-order valence-electron chi connectivity index (χ1n) is 25.8. The van der Waals surface area contributed by atoms with E-state index in [1.54, 1.807) is 4.90 Å². The Kier molecular flexibility index (Phi) is 14.6. The second-order valence-electron chi connectivity index (χ2n) is 20.1. The number of aromatic amines is 1. The predicted molar refractivity (Wildman–Crippen MR) is 269 cm³/mol. The van der Waals surface area contributed by atoms with Gasteiger partial charge in [0.25, 0.3) is 5.91 Å². The van der Waals surface area contributed by atoms with Crippen LogP contribution in [0.25, 0.3) is 22.3 Å². The number of imide groups is 1. The molecule has 2 aromatic heterocycles. The maximum atomic E-state index is 13.3. The Hall–Kier alpha value is -6.55. The van der Waals surface area contributed by atoms with Crippen molar-refractivity contribution in [2.24, 2.45) is 11.8 Å². The molecule has 1 atom stereocenters. The van der Waals surface area contributed by atoms with Crippen molar-refractivity contribution < 1.29 is 23.9 Å². The highest BCUT2D eigenvalue weighted by Gasteiger charge is 2.39. The van der Waals surface area contributed by atoms with Crippen molar-refractivity contribution in [3.63, 3.8) is 0 Å². The highest BCUT2D eigenvalue weighted by molar-refractivity contribution is 6.05. The van der Waals surface area contributed by atoms with Crippen molar-refractivity contribution in [3.8, 4) is 22.8 Å². The predicted octanol–water partition coefficient (Wildman–Crippen LogP) is 8.01. The minimum Gasteiger partial charge on any atom is -0.457 e. The molecule has 3 aromatic carbocycles. The number of ether oxygens (including phenoxy) is 1. The molecule has 0 bridgehead atoms. The molecule has 5 saturated heterocycles. The average Bonchev–Trinajstić information content (AvgIpc) is 3.99. The van der Waals surface area contributed by atoms with E-state index >= 15 is 0 Å². The largest absolute Gasteiger partial charge is 0.457 e. The second kappa shape index (κ2) is 21.6. The number of urea groups is 1. The lowest BCUT2D eigenvalue weighted by molar-refractivity contribution is -0.136. The van der Waals surface area contributed by atoms with E-state index in [2.05, 4.69) is 57.2 Å². The molecule has 5 fully saturated rings. The third-order valence-corrected chi connectivity index (χ3v) is 15.7. The lowest BCUT2D eigenvalue weighted by atomic mass is 9.86. The maximum Gasteiger partial charge on any atom is 0.319 e. The van der Waals surface area contributed by atoms with E-state index < -0.39 is 6.04 Å². The molecule has 0 aliphatic carbocycles. The number of carbonyl (C=O) groups is 4. The number of anilines is 2. The summed E-state index contributed by atoms with van der Waals surface area (Å²) >= 11 is 0. The molecule has 5 aromatic rings. The number of fused-ring (bicyclic) bond motifs is 2. The second-order valence-corrected chi connectivity index (χ2v) is 20.1. The number of nitrogens with one attached hydrogen (secondary N) is 2. The van der Waals surface area contributed by atoms with Gasteiger partial charge in [-0.3, -0.25) is 24.8 Å². The molecule has 5 amide bonds. The Bertz CT molecular complexity index is 2610. The number of piperidine rings is 5. The summed E-state index contributed by atoms with van der Waals surface area (Å²) in [5.74, 6) is 2.74. The number of rotatable bonds is 10. The Labute approximate surface area is 410 Å². The molecule has 1 unspecified atom stereocenters. The first-order valence-corrected chi connectivity index (χ1v) is 25.8. The molecule has 70 heavy (non-hydrogen) atoms. The molecule has 0 spiro atoms. The molecule has 8 heterocycles. The van der Waals surface area contributed by atoms with Crippen molar-refractivity contribution in [2.75, 3.05) is 63.0 Å². The third-order valence-electron chi connectivity index (χ3n) is 15.7. The molecule has 6 aliphatic heterocycles. The van der Waals surface area contributed by atoms with Crippen LogP contribution in [0.3, 0.4) is 0 Å². The van der Waals surface area contributed by atoms with Crippen LogP contribution in [0, 0.1) is 11.8 Å². The smallest absolute Gasteiger partial charge is 0.319 e. The van der Waals surface area contributed by atoms with E-state index in [4.69, 9.17) is 10.5 Å². The quantitative estimate of drug-likeness (QED) is 0.115. The van der Waals surface area contributed by atoms with Crippen molar-refractivity contribution in [2.45, 2.75) is 109 Å². The van der Waals surface area contributed by atoms with Crippen LogP contribution in [0.15, 0.2) is 79.1 Å². The van der Waals surface area contributed by atoms with Gasteiger partial charge in [-0.25, -0.2) is 14.8 Å². The number of H-pyrrole nitrogens is 1. The van der Waals surface area contributed by atoms with Gasteiger partial charge in [0.1, 0.15) is 29.7 Å². The summed E-state index contributed by atoms with van der Waals surface area (Å²) in [7, 11) is 0. The van der Waals surface area contributed by atoms with E-state index in [1.165, 1.54) is 70.8 Å². The summed E-state index contributed by atoms with van der Waals surface area (Å²) in [5, 5.41) is 10.2. The van der Waals surface area contributed by atoms with Gasteiger partial charge in [-0.15, -0.1) is 0 Å². The van der Waals surface area contributed by atoms with Gasteiger partial charge >= 0.3 is 6.03 Å². The summed E-state index contributed by atoms with van der Waals surface area (Å²) in [6.45, 7) is 8.68. The number of nitrogens with two attached hydrogens (primary N) is 1. The molecule has 6 aliphatic rings. The van der Waals surface area contributed by atoms with Crippen molar-refractivity contribution >= 4 is 46.3 Å². The van der Waals surface area contributed by atoms with Crippen LogP contribution < -0.4 is 20.7 Å². The summed E-state index contributed by atoms with van der Waals surface area (Å²) in [4.78, 5) is 69.4. The van der Waals surface area contributed by atoms with E-state index in [0.29, 0.717) is 36.0 Å². The van der Waals surface area contributed by atoms with Gasteiger partial charge in [-0.2, -0.15) is 5.10 Å². The van der Waals surface area contributed by atoms with Crippen molar-refractivity contribution in [1.29, 1.82) is 0 Å². The zero-order valence-electron chi connectivity index (χ0n) is 40.3. The molecule has 16 nitrogen and oxygen atoms in total. The SMILES string of the molecule is Nc1ncnc2n[nH]c(-c3ccc(Oc4ccccc4)cc3)c12.O=C1CCC(N2Cc3cc(N4CCC(CCCC5CCN(C(=O)N6CCC(N7CCCCC7)CC6)CC5)CC4)ccc3C2=O)C(=O)N1. The Morgan fingerprint density at radius 1 is 0.729 bits per heavy atom. The van der Waals surface area contributed by atoms with Crippen LogP contribution in [-0.4, -0.2) is 128 Å². The number of aromatic nitrogens is 4. The summed E-state index contributed by atoms with van der Waals surface area (Å²) < 4.78 is 5.79. The van der Waals surface area contributed by atoms with Gasteiger partial charge in [-0.05, 0) is 143 Å². The maximum absolute atomic E-state index is 13.3. The third kappa shape index (κ3) is 10.8. The van der Waals surface area contributed by atoms with Gasteiger partial charge in [-0.1, -0.05) is 43.9 Å². The highest BCUT2D eigenvalue weighted by atomic mass is 16.5. The Morgan fingerprint density at radius 3 is 2.10 bits per heavy atom. The lowest BCUT2D eigenvalue weighted by Crippen LogP contribution is -2.52. The zero-order valence-corrected chi connectivity index (χ0v) is 40.3. The molecule has 0 saturated carbocycles. The number of para-hydroxylation sites is 1. The zero-order chi connectivity index (χ0) is 48.0. The standard InChI is InChI=1S/C37H54N6O4.C17H13N5O/c44-34-10-9-33(35(45)38-34)43-26-29-25-31(7-8-32(29)36(43)46)40-19-11-27(12-20-40)5-4-6-28-13-21-41(22-14-28)37(47)42-23-15-30(16-24-42)39-17-2-1-3-18-39;18-16-14-15(21-22-17(14)20-10-19-16)11-6-8-13(9-7-11)23-12-4-2-1-3-5-12/h7-8,25,27-28,30,33H,1-6,9-24,26H2,(H,38,44,45);1-10H,(H3,18,19,20,21,22). The molecule has 368 valence electrons. The molecule has 16 heteroatoms.